The Kier molecular flexibility index (Phi) is 4.56. The maximum atomic E-state index is 12.3. The molecule has 1 aromatic heterocycles. The summed E-state index contributed by atoms with van der Waals surface area (Å²) in [6.07, 6.45) is -0.122. The molecule has 0 bridgehead atoms. The van der Waals surface area contributed by atoms with Crippen LogP contribution < -0.4 is 26.8 Å². The van der Waals surface area contributed by atoms with Crippen molar-refractivity contribution in [3.63, 3.8) is 0 Å². The van der Waals surface area contributed by atoms with E-state index in [1.807, 2.05) is 45.0 Å². The number of nitrogens with one attached hydrogen (secondary N) is 3. The van der Waals surface area contributed by atoms with E-state index in [-0.39, 0.29) is 17.4 Å². The van der Waals surface area contributed by atoms with Gasteiger partial charge in [0.2, 0.25) is 0 Å². The number of hydrogen-bond acceptors (Lipinski definition) is 7. The first-order valence-electron chi connectivity index (χ1n) is 9.37. The highest BCUT2D eigenvalue weighted by Crippen LogP contribution is 2.36. The van der Waals surface area contributed by atoms with Crippen molar-refractivity contribution >= 4 is 17.1 Å². The molecule has 0 aliphatic carbocycles. The molecule has 146 valence electrons. The highest BCUT2D eigenvalue weighted by Gasteiger charge is 2.29. The van der Waals surface area contributed by atoms with E-state index in [1.54, 1.807) is 0 Å². The average Bonchev–Trinajstić information content (AvgIpc) is 3.28. The van der Waals surface area contributed by atoms with E-state index in [4.69, 9.17) is 4.42 Å². The van der Waals surface area contributed by atoms with E-state index in [0.29, 0.717) is 24.2 Å². The van der Waals surface area contributed by atoms with Crippen molar-refractivity contribution in [3.05, 3.63) is 72.9 Å². The number of furan rings is 1. The zero-order chi connectivity index (χ0) is 20.0. The van der Waals surface area contributed by atoms with Gasteiger partial charge in [0, 0.05) is 17.8 Å². The Hall–Kier alpha value is -2.90. The lowest BCUT2D eigenvalue weighted by molar-refractivity contribution is 0.152. The van der Waals surface area contributed by atoms with Crippen LogP contribution in [0.1, 0.15) is 53.8 Å². The van der Waals surface area contributed by atoms with Crippen LogP contribution in [0.15, 0.2) is 38.3 Å². The Bertz CT molecular complexity index is 1110. The van der Waals surface area contributed by atoms with Crippen molar-refractivity contribution in [1.29, 1.82) is 0 Å². The first kappa shape index (κ1) is 18.5. The molecule has 3 aromatic rings. The Morgan fingerprint density at radius 1 is 1.14 bits per heavy atom. The lowest BCUT2D eigenvalue weighted by Crippen LogP contribution is -2.37. The van der Waals surface area contributed by atoms with Crippen LogP contribution in [0.2, 0.25) is 0 Å². The summed E-state index contributed by atoms with van der Waals surface area (Å²) in [5.41, 5.74) is 2.59. The molecule has 0 saturated carbocycles. The van der Waals surface area contributed by atoms with Crippen LogP contribution in [0.5, 0.6) is 0 Å². The van der Waals surface area contributed by atoms with Crippen LogP contribution in [-0.4, -0.2) is 5.11 Å². The quantitative estimate of drug-likeness (QED) is 0.487. The molecule has 0 amide bonds. The van der Waals surface area contributed by atoms with Crippen molar-refractivity contribution < 1.29 is 9.52 Å². The van der Waals surface area contributed by atoms with Gasteiger partial charge in [0.05, 0.1) is 6.04 Å². The Morgan fingerprint density at radius 2 is 1.89 bits per heavy atom. The third kappa shape index (κ3) is 2.93. The van der Waals surface area contributed by atoms with E-state index in [1.165, 1.54) is 0 Å². The van der Waals surface area contributed by atoms with Crippen LogP contribution in [0.4, 0.5) is 17.1 Å². The Morgan fingerprint density at radius 3 is 2.57 bits per heavy atom. The molecule has 28 heavy (non-hydrogen) atoms. The van der Waals surface area contributed by atoms with Crippen molar-refractivity contribution in [2.45, 2.75) is 46.0 Å². The summed E-state index contributed by atoms with van der Waals surface area (Å²) in [6.45, 7) is 6.29. The van der Waals surface area contributed by atoms with Gasteiger partial charge in [-0.05, 0) is 43.5 Å². The minimum atomic E-state index is -0.810. The first-order chi connectivity index (χ1) is 13.4. The SMILES string of the molecule is CCC(Nc1c(Nc2c(C)ccc3c2C(O)NC3)c(=O)c1=O)c1ccc(C)o1. The number of anilines is 3. The molecule has 4 N–H and O–H groups in total. The molecule has 1 aliphatic rings. The fourth-order valence-electron chi connectivity index (χ4n) is 3.68. The summed E-state index contributed by atoms with van der Waals surface area (Å²) in [6, 6.07) is 7.40. The minimum Gasteiger partial charge on any atom is -0.464 e. The van der Waals surface area contributed by atoms with Gasteiger partial charge in [-0.3, -0.25) is 14.9 Å². The minimum absolute atomic E-state index is 0.215. The van der Waals surface area contributed by atoms with Gasteiger partial charge in [0.25, 0.3) is 10.9 Å². The van der Waals surface area contributed by atoms with Crippen LogP contribution in [0.25, 0.3) is 0 Å². The molecule has 0 spiro atoms. The number of rotatable bonds is 6. The zero-order valence-corrected chi connectivity index (χ0v) is 16.1. The normalized spacial score (nSPS) is 16.9. The molecule has 4 rings (SSSR count). The number of aryl methyl sites for hydroxylation is 2. The van der Waals surface area contributed by atoms with Crippen molar-refractivity contribution in [2.24, 2.45) is 0 Å². The summed E-state index contributed by atoms with van der Waals surface area (Å²) in [5.74, 6) is 1.51. The zero-order valence-electron chi connectivity index (χ0n) is 16.1. The van der Waals surface area contributed by atoms with Gasteiger partial charge >= 0.3 is 0 Å². The molecule has 7 heteroatoms. The third-order valence-electron chi connectivity index (χ3n) is 5.30. The average molecular weight is 381 g/mol. The van der Waals surface area contributed by atoms with E-state index < -0.39 is 17.1 Å². The van der Waals surface area contributed by atoms with E-state index >= 15 is 0 Å². The summed E-state index contributed by atoms with van der Waals surface area (Å²) in [4.78, 5) is 24.5. The number of fused-ring (bicyclic) bond motifs is 1. The second-order valence-corrected chi connectivity index (χ2v) is 7.20. The molecule has 2 aromatic carbocycles. The van der Waals surface area contributed by atoms with Gasteiger partial charge in [-0.1, -0.05) is 19.1 Å². The van der Waals surface area contributed by atoms with Gasteiger partial charge in [-0.25, -0.2) is 0 Å². The largest absolute Gasteiger partial charge is 0.464 e. The van der Waals surface area contributed by atoms with E-state index in [9.17, 15) is 14.7 Å². The maximum Gasteiger partial charge on any atom is 0.253 e. The van der Waals surface area contributed by atoms with Gasteiger partial charge in [-0.15, -0.1) is 0 Å². The van der Waals surface area contributed by atoms with E-state index in [0.717, 1.165) is 22.6 Å². The molecule has 7 nitrogen and oxygen atoms in total. The van der Waals surface area contributed by atoms with Crippen LogP contribution in [0, 0.1) is 13.8 Å². The lowest BCUT2D eigenvalue weighted by Gasteiger charge is -2.22. The summed E-state index contributed by atoms with van der Waals surface area (Å²) in [7, 11) is 0. The summed E-state index contributed by atoms with van der Waals surface area (Å²) < 4.78 is 5.67. The molecular formula is C21H23N3O4. The molecule has 2 atom stereocenters. The fourth-order valence-corrected chi connectivity index (χ4v) is 3.68. The Labute approximate surface area is 162 Å². The molecule has 2 heterocycles. The monoisotopic (exact) mass is 381 g/mol. The molecule has 0 radical (unpaired) electrons. The van der Waals surface area contributed by atoms with Gasteiger partial charge < -0.3 is 20.2 Å². The predicted molar refractivity (Wildman–Crippen MR) is 108 cm³/mol. The first-order valence-corrected chi connectivity index (χ1v) is 9.37. The van der Waals surface area contributed by atoms with Crippen LogP contribution >= 0.6 is 0 Å². The fraction of sp³-hybridized carbons (Fsp3) is 0.333. The van der Waals surface area contributed by atoms with Crippen molar-refractivity contribution in [2.75, 3.05) is 10.6 Å². The lowest BCUT2D eigenvalue weighted by atomic mass is 10.0. The molecule has 0 fully saturated rings. The molecular weight excluding hydrogens is 358 g/mol. The van der Waals surface area contributed by atoms with E-state index in [2.05, 4.69) is 16.0 Å². The van der Waals surface area contributed by atoms with Crippen LogP contribution in [0.3, 0.4) is 0 Å². The molecule has 1 aliphatic heterocycles. The third-order valence-corrected chi connectivity index (χ3v) is 5.30. The number of hydrogen-bond donors (Lipinski definition) is 4. The number of benzene rings is 1. The number of aliphatic hydroxyl groups is 1. The molecule has 2 unspecified atom stereocenters. The number of aliphatic hydroxyl groups excluding tert-OH is 1. The standard InChI is InChI=1S/C21H23N3O4/c1-4-13(14-8-6-11(3)28-14)23-17-18(20(26)19(17)25)24-16-10(2)5-7-12-9-22-21(27)15(12)16/h5-8,13,21-24,27H,4,9H2,1-3H3. The summed E-state index contributed by atoms with van der Waals surface area (Å²) >= 11 is 0. The van der Waals surface area contributed by atoms with Gasteiger partial charge in [0.15, 0.2) is 0 Å². The van der Waals surface area contributed by atoms with Gasteiger partial charge in [0.1, 0.15) is 29.1 Å². The van der Waals surface area contributed by atoms with Crippen molar-refractivity contribution in [3.8, 4) is 0 Å². The second-order valence-electron chi connectivity index (χ2n) is 7.20. The highest BCUT2D eigenvalue weighted by atomic mass is 16.3. The summed E-state index contributed by atoms with van der Waals surface area (Å²) in [5, 5.41) is 19.5. The second kappa shape index (κ2) is 6.92. The molecule has 0 saturated heterocycles. The maximum absolute atomic E-state index is 12.3. The van der Waals surface area contributed by atoms with Gasteiger partial charge in [-0.2, -0.15) is 0 Å². The predicted octanol–water partition coefficient (Wildman–Crippen LogP) is 2.89. The smallest absolute Gasteiger partial charge is 0.253 e. The van der Waals surface area contributed by atoms with Crippen LogP contribution in [-0.2, 0) is 6.54 Å². The topological polar surface area (TPSA) is 104 Å². The highest BCUT2D eigenvalue weighted by molar-refractivity contribution is 5.81. The van der Waals surface area contributed by atoms with Crippen molar-refractivity contribution in [1.82, 2.24) is 5.32 Å². The Balaban J connectivity index is 1.67.